The highest BCUT2D eigenvalue weighted by Crippen LogP contribution is 2.18. The van der Waals surface area contributed by atoms with Crippen LogP contribution < -0.4 is 11.1 Å². The van der Waals surface area contributed by atoms with Gasteiger partial charge in [-0.3, -0.25) is 4.79 Å². The number of carbonyl (C=O) groups is 1. The lowest BCUT2D eigenvalue weighted by molar-refractivity contribution is -0.122. The van der Waals surface area contributed by atoms with E-state index in [0.29, 0.717) is 6.42 Å². The number of rotatable bonds is 5. The summed E-state index contributed by atoms with van der Waals surface area (Å²) in [5.74, 6) is -0.0250. The third kappa shape index (κ3) is 4.43. The highest BCUT2D eigenvalue weighted by molar-refractivity contribution is 5.77. The van der Waals surface area contributed by atoms with E-state index in [1.807, 2.05) is 37.3 Å². The van der Waals surface area contributed by atoms with Gasteiger partial charge in [-0.1, -0.05) is 59.7 Å². The number of hydrogen-bond donors (Lipinski definition) is 2. The minimum absolute atomic E-state index is 0.0194. The van der Waals surface area contributed by atoms with Crippen molar-refractivity contribution >= 4 is 5.91 Å². The van der Waals surface area contributed by atoms with Crippen molar-refractivity contribution in [1.82, 2.24) is 5.32 Å². The average molecular weight is 296 g/mol. The van der Waals surface area contributed by atoms with Crippen molar-refractivity contribution in [1.29, 1.82) is 0 Å². The third-order valence-electron chi connectivity index (χ3n) is 3.75. The summed E-state index contributed by atoms with van der Waals surface area (Å²) in [6, 6.07) is 15.8. The number of nitrogens with one attached hydrogen (secondary N) is 1. The Kier molecular flexibility index (Phi) is 5.34. The van der Waals surface area contributed by atoms with Crippen LogP contribution in [0.4, 0.5) is 0 Å². The fraction of sp³-hybridized carbons (Fsp3) is 0.316. The van der Waals surface area contributed by atoms with Gasteiger partial charge >= 0.3 is 0 Å². The van der Waals surface area contributed by atoms with Crippen LogP contribution in [0.3, 0.4) is 0 Å². The predicted octanol–water partition coefficient (Wildman–Crippen LogP) is 3.57. The molecule has 0 aliphatic heterocycles. The Labute approximate surface area is 132 Å². The molecule has 3 N–H and O–H groups in total. The van der Waals surface area contributed by atoms with Crippen molar-refractivity contribution in [3.63, 3.8) is 0 Å². The Morgan fingerprint density at radius 2 is 1.64 bits per heavy atom. The number of amides is 1. The van der Waals surface area contributed by atoms with Gasteiger partial charge in [0.15, 0.2) is 0 Å². The minimum Gasteiger partial charge on any atom is -0.350 e. The van der Waals surface area contributed by atoms with E-state index >= 15 is 0 Å². The summed E-state index contributed by atoms with van der Waals surface area (Å²) in [5, 5.41) is 3.03. The molecule has 2 atom stereocenters. The van der Waals surface area contributed by atoms with Crippen molar-refractivity contribution in [2.24, 2.45) is 5.73 Å². The van der Waals surface area contributed by atoms with Gasteiger partial charge in [0.1, 0.15) is 0 Å². The van der Waals surface area contributed by atoms with E-state index in [0.717, 1.165) is 11.1 Å². The highest BCUT2D eigenvalue weighted by Gasteiger charge is 2.14. The first-order valence-electron chi connectivity index (χ1n) is 7.64. The fourth-order valence-corrected chi connectivity index (χ4v) is 2.66. The van der Waals surface area contributed by atoms with Crippen LogP contribution in [0.25, 0.3) is 0 Å². The van der Waals surface area contributed by atoms with E-state index in [4.69, 9.17) is 5.73 Å². The molecule has 0 aliphatic rings. The Hall–Kier alpha value is -2.13. The van der Waals surface area contributed by atoms with E-state index in [1.54, 1.807) is 0 Å². The molecule has 0 saturated carbocycles. The molecular weight excluding hydrogens is 272 g/mol. The molecule has 0 bridgehead atoms. The van der Waals surface area contributed by atoms with E-state index < -0.39 is 0 Å². The van der Waals surface area contributed by atoms with Crippen LogP contribution in [0.1, 0.15) is 47.7 Å². The molecule has 0 radical (unpaired) electrons. The van der Waals surface area contributed by atoms with E-state index in [2.05, 4.69) is 37.4 Å². The first-order chi connectivity index (χ1) is 10.5. The molecule has 1 amide bonds. The molecular formula is C19H24N2O. The van der Waals surface area contributed by atoms with Gasteiger partial charge in [-0.25, -0.2) is 0 Å². The number of benzene rings is 2. The maximum absolute atomic E-state index is 12.2. The highest BCUT2D eigenvalue weighted by atomic mass is 16.1. The van der Waals surface area contributed by atoms with Gasteiger partial charge in [0.25, 0.3) is 0 Å². The van der Waals surface area contributed by atoms with Crippen molar-refractivity contribution in [2.75, 3.05) is 0 Å². The zero-order valence-corrected chi connectivity index (χ0v) is 13.5. The summed E-state index contributed by atoms with van der Waals surface area (Å²) in [6.07, 6.45) is 0.291. The summed E-state index contributed by atoms with van der Waals surface area (Å²) in [5.41, 5.74) is 10.6. The lowest BCUT2D eigenvalue weighted by Crippen LogP contribution is -2.29. The van der Waals surface area contributed by atoms with Gasteiger partial charge in [-0.05, 0) is 31.9 Å². The lowest BCUT2D eigenvalue weighted by atomic mass is 10.0. The second-order valence-corrected chi connectivity index (χ2v) is 5.93. The smallest absolute Gasteiger partial charge is 0.222 e. The number of nitrogens with two attached hydrogens (primary N) is 1. The van der Waals surface area contributed by atoms with Gasteiger partial charge in [0, 0.05) is 12.5 Å². The molecule has 0 heterocycles. The van der Waals surface area contributed by atoms with Crippen LogP contribution in [-0.2, 0) is 4.79 Å². The Balaban J connectivity index is 1.96. The van der Waals surface area contributed by atoms with Crippen molar-refractivity contribution < 1.29 is 4.79 Å². The monoisotopic (exact) mass is 296 g/mol. The largest absolute Gasteiger partial charge is 0.350 e. The van der Waals surface area contributed by atoms with E-state index in [-0.39, 0.29) is 18.0 Å². The molecule has 22 heavy (non-hydrogen) atoms. The zero-order valence-electron chi connectivity index (χ0n) is 13.5. The van der Waals surface area contributed by atoms with Gasteiger partial charge in [0.2, 0.25) is 5.91 Å². The Morgan fingerprint density at radius 1 is 1.05 bits per heavy atom. The van der Waals surface area contributed by atoms with E-state index in [9.17, 15) is 4.79 Å². The van der Waals surface area contributed by atoms with Crippen LogP contribution in [0.15, 0.2) is 48.5 Å². The van der Waals surface area contributed by atoms with Gasteiger partial charge < -0.3 is 11.1 Å². The molecule has 2 aromatic rings. The number of aryl methyl sites for hydroxylation is 2. The summed E-state index contributed by atoms with van der Waals surface area (Å²) < 4.78 is 0. The number of carbonyl (C=O) groups excluding carboxylic acids is 1. The molecule has 3 heteroatoms. The molecule has 2 unspecified atom stereocenters. The third-order valence-corrected chi connectivity index (χ3v) is 3.75. The summed E-state index contributed by atoms with van der Waals surface area (Å²) >= 11 is 0. The molecule has 0 aliphatic carbocycles. The van der Waals surface area contributed by atoms with Crippen LogP contribution in [-0.4, -0.2) is 5.91 Å². The maximum Gasteiger partial charge on any atom is 0.222 e. The molecule has 2 rings (SSSR count). The molecule has 3 nitrogen and oxygen atoms in total. The molecule has 2 aromatic carbocycles. The quantitative estimate of drug-likeness (QED) is 0.886. The Morgan fingerprint density at radius 3 is 2.23 bits per heavy atom. The summed E-state index contributed by atoms with van der Waals surface area (Å²) in [6.45, 7) is 6.13. The molecule has 0 aromatic heterocycles. The van der Waals surface area contributed by atoms with Gasteiger partial charge in [-0.2, -0.15) is 0 Å². The van der Waals surface area contributed by atoms with Crippen molar-refractivity contribution in [3.8, 4) is 0 Å². The summed E-state index contributed by atoms with van der Waals surface area (Å²) in [4.78, 5) is 12.2. The van der Waals surface area contributed by atoms with E-state index in [1.165, 1.54) is 11.1 Å². The average Bonchev–Trinajstić information content (AvgIpc) is 2.47. The lowest BCUT2D eigenvalue weighted by Gasteiger charge is -2.18. The first kappa shape index (κ1) is 16.2. The molecule has 0 fully saturated rings. The maximum atomic E-state index is 12.2. The first-order valence-corrected chi connectivity index (χ1v) is 7.64. The number of hydrogen-bond acceptors (Lipinski definition) is 2. The van der Waals surface area contributed by atoms with Crippen LogP contribution >= 0.6 is 0 Å². The second kappa shape index (κ2) is 7.23. The standard InChI is InChI=1S/C19H24N2O/c1-13-9-14(2)11-17(10-13)15(3)21-19(22)12-18(20)16-7-5-4-6-8-16/h4-11,15,18H,12,20H2,1-3H3,(H,21,22). The normalized spacial score (nSPS) is 13.5. The van der Waals surface area contributed by atoms with Crippen LogP contribution in [0, 0.1) is 13.8 Å². The minimum atomic E-state index is -0.271. The molecule has 0 saturated heterocycles. The van der Waals surface area contributed by atoms with Crippen LogP contribution in [0.2, 0.25) is 0 Å². The zero-order chi connectivity index (χ0) is 16.1. The fourth-order valence-electron chi connectivity index (χ4n) is 2.66. The molecule has 116 valence electrons. The van der Waals surface area contributed by atoms with Crippen molar-refractivity contribution in [2.45, 2.75) is 39.3 Å². The Bertz CT molecular complexity index is 617. The van der Waals surface area contributed by atoms with Crippen LogP contribution in [0.5, 0.6) is 0 Å². The van der Waals surface area contributed by atoms with Gasteiger partial charge in [0.05, 0.1) is 6.04 Å². The van der Waals surface area contributed by atoms with Crippen molar-refractivity contribution in [3.05, 3.63) is 70.8 Å². The second-order valence-electron chi connectivity index (χ2n) is 5.93. The SMILES string of the molecule is Cc1cc(C)cc(C(C)NC(=O)CC(N)c2ccccc2)c1. The predicted molar refractivity (Wildman–Crippen MR) is 90.5 cm³/mol. The van der Waals surface area contributed by atoms with Gasteiger partial charge in [-0.15, -0.1) is 0 Å². The summed E-state index contributed by atoms with van der Waals surface area (Å²) in [7, 11) is 0. The topological polar surface area (TPSA) is 55.1 Å². The molecule has 0 spiro atoms.